The third kappa shape index (κ3) is 3.08. The first-order valence-electron chi connectivity index (χ1n) is 7.05. The lowest BCUT2D eigenvalue weighted by atomic mass is 10.0. The molecule has 2 aliphatic rings. The van der Waals surface area contributed by atoms with Crippen LogP contribution in [-0.4, -0.2) is 54.3 Å². The molecule has 1 saturated carbocycles. The molecule has 1 heterocycles. The van der Waals surface area contributed by atoms with Gasteiger partial charge >= 0.3 is 0 Å². The van der Waals surface area contributed by atoms with Gasteiger partial charge in [0.2, 0.25) is 0 Å². The van der Waals surface area contributed by atoms with E-state index >= 15 is 0 Å². The SMILES string of the molecule is CC1CN(CCC2CCCC2=O)CC(C)N1C. The molecule has 3 nitrogen and oxygen atoms in total. The van der Waals surface area contributed by atoms with Crippen molar-refractivity contribution in [3.05, 3.63) is 0 Å². The first kappa shape index (κ1) is 13.0. The predicted molar refractivity (Wildman–Crippen MR) is 70.1 cm³/mol. The molecule has 1 saturated heterocycles. The number of hydrogen-bond donors (Lipinski definition) is 0. The highest BCUT2D eigenvalue weighted by atomic mass is 16.1. The molecule has 0 N–H and O–H groups in total. The molecule has 1 aliphatic carbocycles. The maximum Gasteiger partial charge on any atom is 0.136 e. The second kappa shape index (κ2) is 5.49. The summed E-state index contributed by atoms with van der Waals surface area (Å²) in [4.78, 5) is 16.6. The molecule has 3 unspecified atom stereocenters. The Hall–Kier alpha value is -0.410. The Morgan fingerprint density at radius 3 is 2.41 bits per heavy atom. The summed E-state index contributed by atoms with van der Waals surface area (Å²) in [5.41, 5.74) is 0. The van der Waals surface area contributed by atoms with Gasteiger partial charge in [-0.05, 0) is 46.7 Å². The minimum Gasteiger partial charge on any atom is -0.300 e. The number of piperazine rings is 1. The Morgan fingerprint density at radius 2 is 1.88 bits per heavy atom. The minimum absolute atomic E-state index is 0.375. The van der Waals surface area contributed by atoms with Gasteiger partial charge in [0.25, 0.3) is 0 Å². The van der Waals surface area contributed by atoms with E-state index in [0.29, 0.717) is 23.8 Å². The fraction of sp³-hybridized carbons (Fsp3) is 0.929. The van der Waals surface area contributed by atoms with Gasteiger partial charge in [-0.15, -0.1) is 0 Å². The molecule has 3 atom stereocenters. The summed E-state index contributed by atoms with van der Waals surface area (Å²) >= 11 is 0. The van der Waals surface area contributed by atoms with E-state index in [0.717, 1.165) is 45.3 Å². The zero-order chi connectivity index (χ0) is 12.4. The van der Waals surface area contributed by atoms with Gasteiger partial charge in [-0.25, -0.2) is 0 Å². The van der Waals surface area contributed by atoms with Gasteiger partial charge in [-0.2, -0.15) is 0 Å². The van der Waals surface area contributed by atoms with Crippen molar-refractivity contribution in [1.82, 2.24) is 9.80 Å². The smallest absolute Gasteiger partial charge is 0.136 e. The number of carbonyl (C=O) groups excluding carboxylic acids is 1. The summed E-state index contributed by atoms with van der Waals surface area (Å²) in [5.74, 6) is 0.889. The summed E-state index contributed by atoms with van der Waals surface area (Å²) in [7, 11) is 2.22. The van der Waals surface area contributed by atoms with Crippen LogP contribution in [0.2, 0.25) is 0 Å². The number of rotatable bonds is 3. The first-order valence-corrected chi connectivity index (χ1v) is 7.05. The highest BCUT2D eigenvalue weighted by Crippen LogP contribution is 2.25. The van der Waals surface area contributed by atoms with Crippen molar-refractivity contribution in [3.8, 4) is 0 Å². The van der Waals surface area contributed by atoms with Crippen molar-refractivity contribution in [3.63, 3.8) is 0 Å². The van der Waals surface area contributed by atoms with E-state index in [-0.39, 0.29) is 0 Å². The number of carbonyl (C=O) groups is 1. The van der Waals surface area contributed by atoms with Crippen LogP contribution in [0.4, 0.5) is 0 Å². The van der Waals surface area contributed by atoms with Gasteiger partial charge in [0.15, 0.2) is 0 Å². The maximum atomic E-state index is 11.6. The molecule has 0 spiro atoms. The fourth-order valence-electron chi connectivity index (χ4n) is 3.23. The normalized spacial score (nSPS) is 36.6. The van der Waals surface area contributed by atoms with Gasteiger partial charge in [0.1, 0.15) is 5.78 Å². The van der Waals surface area contributed by atoms with Crippen molar-refractivity contribution in [1.29, 1.82) is 0 Å². The molecule has 0 aromatic carbocycles. The molecule has 17 heavy (non-hydrogen) atoms. The van der Waals surface area contributed by atoms with Crippen LogP contribution in [0.25, 0.3) is 0 Å². The zero-order valence-electron chi connectivity index (χ0n) is 11.5. The van der Waals surface area contributed by atoms with Crippen LogP contribution >= 0.6 is 0 Å². The second-order valence-corrected chi connectivity index (χ2v) is 5.97. The van der Waals surface area contributed by atoms with Crippen LogP contribution in [-0.2, 0) is 4.79 Å². The van der Waals surface area contributed by atoms with Crippen molar-refractivity contribution in [2.45, 2.75) is 51.6 Å². The number of hydrogen-bond acceptors (Lipinski definition) is 3. The van der Waals surface area contributed by atoms with E-state index in [9.17, 15) is 4.79 Å². The van der Waals surface area contributed by atoms with E-state index in [1.165, 1.54) is 0 Å². The van der Waals surface area contributed by atoms with E-state index in [4.69, 9.17) is 0 Å². The van der Waals surface area contributed by atoms with E-state index in [2.05, 4.69) is 30.7 Å². The highest BCUT2D eigenvalue weighted by Gasteiger charge is 2.28. The molecule has 2 rings (SSSR count). The van der Waals surface area contributed by atoms with Crippen molar-refractivity contribution in [2.75, 3.05) is 26.7 Å². The summed E-state index contributed by atoms with van der Waals surface area (Å²) in [6.45, 7) is 8.01. The molecule has 0 radical (unpaired) electrons. The Kier molecular flexibility index (Phi) is 4.21. The quantitative estimate of drug-likeness (QED) is 0.748. The standard InChI is InChI=1S/C14H26N2O/c1-11-9-16(10-12(2)15(11)3)8-7-13-5-4-6-14(13)17/h11-13H,4-10H2,1-3H3. The summed E-state index contributed by atoms with van der Waals surface area (Å²) in [6, 6.07) is 1.27. The van der Waals surface area contributed by atoms with Gasteiger partial charge in [-0.3, -0.25) is 9.69 Å². The Balaban J connectivity index is 1.78. The van der Waals surface area contributed by atoms with Gasteiger partial charge in [-0.1, -0.05) is 0 Å². The lowest BCUT2D eigenvalue weighted by molar-refractivity contribution is -0.120. The lowest BCUT2D eigenvalue weighted by Gasteiger charge is -2.42. The molecular weight excluding hydrogens is 212 g/mol. The highest BCUT2D eigenvalue weighted by molar-refractivity contribution is 5.82. The largest absolute Gasteiger partial charge is 0.300 e. The number of Topliss-reactive ketones (excluding diaryl/α,β-unsaturated/α-hetero) is 1. The number of ketones is 1. The lowest BCUT2D eigenvalue weighted by Crippen LogP contribution is -2.55. The molecule has 0 aromatic heterocycles. The van der Waals surface area contributed by atoms with Crippen LogP contribution < -0.4 is 0 Å². The summed E-state index contributed by atoms with van der Waals surface area (Å²) in [5, 5.41) is 0. The summed E-state index contributed by atoms with van der Waals surface area (Å²) in [6.07, 6.45) is 4.18. The van der Waals surface area contributed by atoms with Crippen molar-refractivity contribution in [2.24, 2.45) is 5.92 Å². The monoisotopic (exact) mass is 238 g/mol. The van der Waals surface area contributed by atoms with E-state index < -0.39 is 0 Å². The second-order valence-electron chi connectivity index (χ2n) is 5.97. The minimum atomic E-state index is 0.375. The van der Waals surface area contributed by atoms with Gasteiger partial charge in [0.05, 0.1) is 0 Å². The van der Waals surface area contributed by atoms with Crippen LogP contribution in [0.3, 0.4) is 0 Å². The third-order valence-electron chi connectivity index (χ3n) is 4.66. The predicted octanol–water partition coefficient (Wildman–Crippen LogP) is 1.77. The van der Waals surface area contributed by atoms with Crippen LogP contribution in [0, 0.1) is 5.92 Å². The molecule has 1 aliphatic heterocycles. The van der Waals surface area contributed by atoms with Gasteiger partial charge < -0.3 is 4.90 Å². The average Bonchev–Trinajstić information content (AvgIpc) is 2.69. The fourth-order valence-corrected chi connectivity index (χ4v) is 3.23. The molecule has 0 amide bonds. The first-order chi connectivity index (χ1) is 8.08. The zero-order valence-corrected chi connectivity index (χ0v) is 11.5. The molecular formula is C14H26N2O. The number of nitrogens with zero attached hydrogens (tertiary/aromatic N) is 2. The van der Waals surface area contributed by atoms with Crippen LogP contribution in [0.1, 0.15) is 39.5 Å². The topological polar surface area (TPSA) is 23.6 Å². The summed E-state index contributed by atoms with van der Waals surface area (Å²) < 4.78 is 0. The number of likely N-dealkylation sites (N-methyl/N-ethyl adjacent to an activating group) is 1. The molecule has 0 bridgehead atoms. The Morgan fingerprint density at radius 1 is 1.24 bits per heavy atom. The van der Waals surface area contributed by atoms with Crippen LogP contribution in [0.5, 0.6) is 0 Å². The Labute approximate surface area is 105 Å². The van der Waals surface area contributed by atoms with Crippen molar-refractivity contribution < 1.29 is 4.79 Å². The van der Waals surface area contributed by atoms with Gasteiger partial charge in [0, 0.05) is 37.5 Å². The van der Waals surface area contributed by atoms with Crippen molar-refractivity contribution >= 4 is 5.78 Å². The van der Waals surface area contributed by atoms with E-state index in [1.54, 1.807) is 0 Å². The maximum absolute atomic E-state index is 11.6. The Bertz CT molecular complexity index is 267. The average molecular weight is 238 g/mol. The molecule has 3 heteroatoms. The van der Waals surface area contributed by atoms with E-state index in [1.807, 2.05) is 0 Å². The molecule has 98 valence electrons. The molecule has 0 aromatic rings. The third-order valence-corrected chi connectivity index (χ3v) is 4.66. The molecule has 2 fully saturated rings. The van der Waals surface area contributed by atoms with Crippen LogP contribution in [0.15, 0.2) is 0 Å².